The van der Waals surface area contributed by atoms with Gasteiger partial charge in [0.2, 0.25) is 5.91 Å². The van der Waals surface area contributed by atoms with Crippen LogP contribution in [-0.2, 0) is 11.2 Å². The third-order valence-corrected chi connectivity index (χ3v) is 5.63. The number of para-hydroxylation sites is 1. The number of carbonyl (C=O) groups is 1. The van der Waals surface area contributed by atoms with Gasteiger partial charge in [-0.1, -0.05) is 38.1 Å². The Morgan fingerprint density at radius 1 is 1.11 bits per heavy atom. The van der Waals surface area contributed by atoms with E-state index in [1.165, 1.54) is 0 Å². The Labute approximate surface area is 167 Å². The molecule has 0 saturated carbocycles. The number of fused-ring (bicyclic) bond motifs is 1. The lowest BCUT2D eigenvalue weighted by molar-refractivity contribution is -0.121. The molecule has 0 aliphatic carbocycles. The number of rotatable bonds is 7. The van der Waals surface area contributed by atoms with Crippen molar-refractivity contribution in [2.45, 2.75) is 51.2 Å². The lowest BCUT2D eigenvalue weighted by Gasteiger charge is -2.41. The second-order valence-corrected chi connectivity index (χ2v) is 7.22. The fourth-order valence-corrected chi connectivity index (χ4v) is 3.85. The molecule has 0 aromatic heterocycles. The van der Waals surface area contributed by atoms with E-state index in [0.29, 0.717) is 11.5 Å². The highest BCUT2D eigenvalue weighted by atomic mass is 16.5. The molecule has 0 unspecified atom stereocenters. The average molecular weight is 383 g/mol. The first-order chi connectivity index (χ1) is 13.5. The molecule has 28 heavy (non-hydrogen) atoms. The van der Waals surface area contributed by atoms with Crippen molar-refractivity contribution in [3.8, 4) is 17.2 Å². The Hall–Kier alpha value is -2.69. The standard InChI is InChI=1S/C23H29NO4/c1-5-23(6-2)15-18(17-9-7-8-10-19(17)28-23)24-22(25)14-16-11-12-20(26-3)21(13-16)27-4/h7-13,18H,5-6,14-15H2,1-4H3,(H,24,25)/t18-/m0/s1. The first-order valence-electron chi connectivity index (χ1n) is 9.82. The zero-order chi connectivity index (χ0) is 20.1. The van der Waals surface area contributed by atoms with Crippen molar-refractivity contribution in [1.29, 1.82) is 0 Å². The van der Waals surface area contributed by atoms with Gasteiger partial charge in [-0.2, -0.15) is 0 Å². The van der Waals surface area contributed by atoms with Crippen LogP contribution >= 0.6 is 0 Å². The minimum absolute atomic E-state index is 0.0185. The highest BCUT2D eigenvalue weighted by Crippen LogP contribution is 2.42. The lowest BCUT2D eigenvalue weighted by atomic mass is 9.83. The van der Waals surface area contributed by atoms with Crippen LogP contribution in [0.2, 0.25) is 0 Å². The molecule has 1 aliphatic rings. The van der Waals surface area contributed by atoms with Crippen molar-refractivity contribution in [3.63, 3.8) is 0 Å². The van der Waals surface area contributed by atoms with Gasteiger partial charge in [-0.25, -0.2) is 0 Å². The van der Waals surface area contributed by atoms with Crippen molar-refractivity contribution < 1.29 is 19.0 Å². The van der Waals surface area contributed by atoms with Crippen LogP contribution in [0.4, 0.5) is 0 Å². The van der Waals surface area contributed by atoms with Gasteiger partial charge in [-0.3, -0.25) is 4.79 Å². The van der Waals surface area contributed by atoms with E-state index in [1.54, 1.807) is 14.2 Å². The van der Waals surface area contributed by atoms with Crippen molar-refractivity contribution in [1.82, 2.24) is 5.32 Å². The van der Waals surface area contributed by atoms with Crippen LogP contribution in [0.5, 0.6) is 17.2 Å². The largest absolute Gasteiger partial charge is 0.493 e. The highest BCUT2D eigenvalue weighted by Gasteiger charge is 2.38. The Morgan fingerprint density at radius 2 is 1.82 bits per heavy atom. The summed E-state index contributed by atoms with van der Waals surface area (Å²) < 4.78 is 16.9. The maximum atomic E-state index is 12.8. The predicted molar refractivity (Wildman–Crippen MR) is 109 cm³/mol. The predicted octanol–water partition coefficient (Wildman–Crippen LogP) is 4.45. The van der Waals surface area contributed by atoms with Gasteiger partial charge in [-0.05, 0) is 36.6 Å². The summed E-state index contributed by atoms with van der Waals surface area (Å²) in [5.74, 6) is 2.13. The number of hydrogen-bond donors (Lipinski definition) is 1. The maximum absolute atomic E-state index is 12.8. The summed E-state index contributed by atoms with van der Waals surface area (Å²) in [7, 11) is 3.19. The van der Waals surface area contributed by atoms with Crippen molar-refractivity contribution >= 4 is 5.91 Å². The molecule has 5 nitrogen and oxygen atoms in total. The van der Waals surface area contributed by atoms with E-state index >= 15 is 0 Å². The fourth-order valence-electron chi connectivity index (χ4n) is 3.85. The SMILES string of the molecule is CCC1(CC)C[C@H](NC(=O)Cc2ccc(OC)c(OC)c2)c2ccccc2O1. The molecular weight excluding hydrogens is 354 g/mol. The topological polar surface area (TPSA) is 56.8 Å². The fraction of sp³-hybridized carbons (Fsp3) is 0.435. The van der Waals surface area contributed by atoms with Crippen LogP contribution in [0.1, 0.15) is 50.3 Å². The normalized spacial score (nSPS) is 17.2. The molecule has 1 amide bonds. The van der Waals surface area contributed by atoms with E-state index in [0.717, 1.165) is 36.1 Å². The molecule has 0 saturated heterocycles. The van der Waals surface area contributed by atoms with Crippen molar-refractivity contribution in [3.05, 3.63) is 53.6 Å². The van der Waals surface area contributed by atoms with Crippen molar-refractivity contribution in [2.75, 3.05) is 14.2 Å². The molecule has 0 radical (unpaired) electrons. The Bertz CT molecular complexity index is 829. The Morgan fingerprint density at radius 3 is 2.50 bits per heavy atom. The molecule has 0 spiro atoms. The number of ether oxygens (including phenoxy) is 3. The van der Waals surface area contributed by atoms with Crippen LogP contribution < -0.4 is 19.5 Å². The number of hydrogen-bond acceptors (Lipinski definition) is 4. The smallest absolute Gasteiger partial charge is 0.224 e. The Kier molecular flexibility index (Phi) is 6.12. The van der Waals surface area contributed by atoms with Gasteiger partial charge in [-0.15, -0.1) is 0 Å². The molecule has 1 atom stereocenters. The molecule has 0 fully saturated rings. The molecule has 150 valence electrons. The number of nitrogens with one attached hydrogen (secondary N) is 1. The molecule has 2 aromatic carbocycles. The molecule has 3 rings (SSSR count). The van der Waals surface area contributed by atoms with Gasteiger partial charge in [0, 0.05) is 12.0 Å². The zero-order valence-corrected chi connectivity index (χ0v) is 17.1. The van der Waals surface area contributed by atoms with Gasteiger partial charge in [0.25, 0.3) is 0 Å². The summed E-state index contributed by atoms with van der Waals surface area (Å²) in [4.78, 5) is 12.8. The minimum Gasteiger partial charge on any atom is -0.493 e. The molecule has 2 aromatic rings. The number of carbonyl (C=O) groups excluding carboxylic acids is 1. The lowest BCUT2D eigenvalue weighted by Crippen LogP contribution is -2.44. The molecule has 1 aliphatic heterocycles. The third kappa shape index (κ3) is 4.08. The van der Waals surface area contributed by atoms with Crippen LogP contribution in [0, 0.1) is 0 Å². The minimum atomic E-state index is -0.240. The van der Waals surface area contributed by atoms with Gasteiger partial charge in [0.15, 0.2) is 11.5 Å². The van der Waals surface area contributed by atoms with Crippen LogP contribution in [0.3, 0.4) is 0 Å². The molecule has 5 heteroatoms. The number of methoxy groups -OCH3 is 2. The zero-order valence-electron chi connectivity index (χ0n) is 17.1. The summed E-state index contributed by atoms with van der Waals surface area (Å²) >= 11 is 0. The monoisotopic (exact) mass is 383 g/mol. The summed E-state index contributed by atoms with van der Waals surface area (Å²) in [5, 5.41) is 3.22. The molecule has 1 heterocycles. The second kappa shape index (κ2) is 8.55. The highest BCUT2D eigenvalue weighted by molar-refractivity contribution is 5.79. The summed E-state index contributed by atoms with van der Waals surface area (Å²) in [6.45, 7) is 4.28. The average Bonchev–Trinajstić information content (AvgIpc) is 2.73. The van der Waals surface area contributed by atoms with Gasteiger partial charge >= 0.3 is 0 Å². The van der Waals surface area contributed by atoms with E-state index in [1.807, 2.05) is 42.5 Å². The number of amides is 1. The molecule has 0 bridgehead atoms. The summed E-state index contributed by atoms with van der Waals surface area (Å²) in [5.41, 5.74) is 1.68. The Balaban J connectivity index is 1.77. The van der Waals surface area contributed by atoms with Crippen LogP contribution in [-0.4, -0.2) is 25.7 Å². The second-order valence-electron chi connectivity index (χ2n) is 7.22. The molecule has 1 N–H and O–H groups in total. The van der Waals surface area contributed by atoms with E-state index in [-0.39, 0.29) is 24.0 Å². The van der Waals surface area contributed by atoms with E-state index in [2.05, 4.69) is 19.2 Å². The van der Waals surface area contributed by atoms with E-state index < -0.39 is 0 Å². The quantitative estimate of drug-likeness (QED) is 0.768. The van der Waals surface area contributed by atoms with E-state index in [9.17, 15) is 4.79 Å². The maximum Gasteiger partial charge on any atom is 0.224 e. The van der Waals surface area contributed by atoms with E-state index in [4.69, 9.17) is 14.2 Å². The van der Waals surface area contributed by atoms with Crippen molar-refractivity contribution in [2.24, 2.45) is 0 Å². The summed E-state index contributed by atoms with van der Waals surface area (Å²) in [6.07, 6.45) is 2.86. The van der Waals surface area contributed by atoms with Gasteiger partial charge < -0.3 is 19.5 Å². The van der Waals surface area contributed by atoms with Gasteiger partial charge in [0.05, 0.1) is 26.7 Å². The number of benzene rings is 2. The first kappa shape index (κ1) is 20.1. The van der Waals surface area contributed by atoms with Gasteiger partial charge in [0.1, 0.15) is 11.4 Å². The molecular formula is C23H29NO4. The first-order valence-corrected chi connectivity index (χ1v) is 9.82. The third-order valence-electron chi connectivity index (χ3n) is 5.63. The van der Waals surface area contributed by atoms with Crippen LogP contribution in [0.25, 0.3) is 0 Å². The van der Waals surface area contributed by atoms with Crippen LogP contribution in [0.15, 0.2) is 42.5 Å². The summed E-state index contributed by atoms with van der Waals surface area (Å²) in [6, 6.07) is 13.5.